The first kappa shape index (κ1) is 14.1. The van der Waals surface area contributed by atoms with Gasteiger partial charge < -0.3 is 5.73 Å². The van der Waals surface area contributed by atoms with Gasteiger partial charge in [-0.3, -0.25) is 4.90 Å². The quantitative estimate of drug-likeness (QED) is 0.872. The van der Waals surface area contributed by atoms with Gasteiger partial charge in [-0.1, -0.05) is 29.8 Å². The van der Waals surface area contributed by atoms with Crippen molar-refractivity contribution in [1.82, 2.24) is 4.90 Å². The van der Waals surface area contributed by atoms with E-state index in [0.29, 0.717) is 12.6 Å². The van der Waals surface area contributed by atoms with E-state index in [1.165, 1.54) is 18.4 Å². The summed E-state index contributed by atoms with van der Waals surface area (Å²) in [6.45, 7) is 1.56. The zero-order valence-electron chi connectivity index (χ0n) is 11.3. The third-order valence-corrected chi connectivity index (χ3v) is 4.93. The highest BCUT2D eigenvalue weighted by atomic mass is 35.5. The van der Waals surface area contributed by atoms with Gasteiger partial charge in [0, 0.05) is 30.2 Å². The van der Waals surface area contributed by atoms with Gasteiger partial charge >= 0.3 is 0 Å². The van der Waals surface area contributed by atoms with Crippen LogP contribution in [0.4, 0.5) is 0 Å². The summed E-state index contributed by atoms with van der Waals surface area (Å²) in [6.07, 6.45) is 2.54. The van der Waals surface area contributed by atoms with Gasteiger partial charge in [0.1, 0.15) is 0 Å². The molecular formula is C16H19ClN2S. The van der Waals surface area contributed by atoms with Crippen LogP contribution in [0, 0.1) is 0 Å². The zero-order chi connectivity index (χ0) is 13.9. The molecule has 1 aliphatic rings. The summed E-state index contributed by atoms with van der Waals surface area (Å²) < 4.78 is 0. The molecule has 0 aliphatic heterocycles. The second-order valence-corrected chi connectivity index (χ2v) is 6.50. The van der Waals surface area contributed by atoms with Crippen LogP contribution in [0.3, 0.4) is 0 Å². The minimum absolute atomic E-state index is 0.205. The van der Waals surface area contributed by atoms with Crippen molar-refractivity contribution in [3.63, 3.8) is 0 Å². The number of rotatable bonds is 6. The minimum atomic E-state index is 0.205. The lowest BCUT2D eigenvalue weighted by Gasteiger charge is -2.31. The Balaban J connectivity index is 1.86. The predicted molar refractivity (Wildman–Crippen MR) is 86.1 cm³/mol. The van der Waals surface area contributed by atoms with Crippen LogP contribution in [0.25, 0.3) is 0 Å². The first-order valence-electron chi connectivity index (χ1n) is 7.01. The lowest BCUT2D eigenvalue weighted by molar-refractivity contribution is 0.182. The molecule has 1 aromatic heterocycles. The number of hydrogen-bond acceptors (Lipinski definition) is 3. The Hall–Kier alpha value is -0.870. The molecule has 0 radical (unpaired) electrons. The molecule has 0 saturated heterocycles. The van der Waals surface area contributed by atoms with E-state index in [9.17, 15) is 0 Å². The van der Waals surface area contributed by atoms with E-state index in [1.54, 1.807) is 11.3 Å². The maximum Gasteiger partial charge on any atom is 0.0491 e. The van der Waals surface area contributed by atoms with E-state index in [-0.39, 0.29) is 6.04 Å². The van der Waals surface area contributed by atoms with E-state index < -0.39 is 0 Å². The monoisotopic (exact) mass is 306 g/mol. The number of nitrogens with zero attached hydrogens (tertiary/aromatic N) is 1. The van der Waals surface area contributed by atoms with Crippen molar-refractivity contribution in [2.45, 2.75) is 31.5 Å². The van der Waals surface area contributed by atoms with Crippen molar-refractivity contribution < 1.29 is 0 Å². The molecule has 2 N–H and O–H groups in total. The van der Waals surface area contributed by atoms with Crippen molar-refractivity contribution >= 4 is 22.9 Å². The van der Waals surface area contributed by atoms with Crippen LogP contribution < -0.4 is 5.73 Å². The van der Waals surface area contributed by atoms with E-state index >= 15 is 0 Å². The number of thiophene rings is 1. The molecule has 1 aromatic carbocycles. The van der Waals surface area contributed by atoms with E-state index in [0.717, 1.165) is 17.1 Å². The van der Waals surface area contributed by atoms with Crippen LogP contribution in [0.2, 0.25) is 5.02 Å². The van der Waals surface area contributed by atoms with E-state index in [2.05, 4.69) is 27.8 Å². The molecular weight excluding hydrogens is 288 g/mol. The zero-order valence-corrected chi connectivity index (χ0v) is 12.9. The molecule has 1 saturated carbocycles. The number of halogens is 1. The molecule has 106 valence electrons. The van der Waals surface area contributed by atoms with Crippen LogP contribution >= 0.6 is 22.9 Å². The molecule has 1 heterocycles. The van der Waals surface area contributed by atoms with E-state index in [1.807, 2.05) is 18.2 Å². The van der Waals surface area contributed by atoms with Crippen LogP contribution in [0.5, 0.6) is 0 Å². The minimum Gasteiger partial charge on any atom is -0.329 e. The summed E-state index contributed by atoms with van der Waals surface area (Å²) >= 11 is 8.12. The van der Waals surface area contributed by atoms with Crippen LogP contribution in [-0.4, -0.2) is 17.5 Å². The fraction of sp³-hybridized carbons (Fsp3) is 0.375. The SMILES string of the molecule is NCC(c1ccccc1Cl)N(Cc1ccsc1)C1CC1. The van der Waals surface area contributed by atoms with Gasteiger partial charge in [0.15, 0.2) is 0 Å². The standard InChI is InChI=1S/C16H19ClN2S/c17-15-4-2-1-3-14(15)16(9-18)19(13-5-6-13)10-12-7-8-20-11-12/h1-4,7-8,11,13,16H,5-6,9-10,18H2. The number of benzene rings is 1. The Morgan fingerprint density at radius 3 is 2.70 bits per heavy atom. The Labute approximate surface area is 129 Å². The van der Waals surface area contributed by atoms with Crippen molar-refractivity contribution in [1.29, 1.82) is 0 Å². The predicted octanol–water partition coefficient (Wildman–Crippen LogP) is 4.07. The van der Waals surface area contributed by atoms with Gasteiger partial charge in [-0.15, -0.1) is 0 Å². The van der Waals surface area contributed by atoms with Gasteiger partial charge in [0.25, 0.3) is 0 Å². The first-order chi connectivity index (χ1) is 9.79. The average molecular weight is 307 g/mol. The van der Waals surface area contributed by atoms with Crippen molar-refractivity contribution in [2.24, 2.45) is 5.73 Å². The normalized spacial score (nSPS) is 16.6. The largest absolute Gasteiger partial charge is 0.329 e. The lowest BCUT2D eigenvalue weighted by atomic mass is 10.0. The maximum atomic E-state index is 6.37. The van der Waals surface area contributed by atoms with Gasteiger partial charge in [-0.2, -0.15) is 11.3 Å². The van der Waals surface area contributed by atoms with Crippen molar-refractivity contribution in [3.8, 4) is 0 Å². The molecule has 1 aliphatic carbocycles. The van der Waals surface area contributed by atoms with Gasteiger partial charge in [-0.25, -0.2) is 0 Å². The molecule has 1 fully saturated rings. The Bertz CT molecular complexity index is 551. The molecule has 20 heavy (non-hydrogen) atoms. The highest BCUT2D eigenvalue weighted by Gasteiger charge is 2.34. The van der Waals surface area contributed by atoms with Crippen molar-refractivity contribution in [2.75, 3.05) is 6.54 Å². The molecule has 0 spiro atoms. The topological polar surface area (TPSA) is 29.3 Å². The van der Waals surface area contributed by atoms with Crippen LogP contribution in [0.15, 0.2) is 41.1 Å². The molecule has 0 amide bonds. The second-order valence-electron chi connectivity index (χ2n) is 5.31. The molecule has 3 rings (SSSR count). The fourth-order valence-electron chi connectivity index (χ4n) is 2.68. The summed E-state index contributed by atoms with van der Waals surface area (Å²) in [7, 11) is 0. The summed E-state index contributed by atoms with van der Waals surface area (Å²) in [5.41, 5.74) is 8.59. The van der Waals surface area contributed by atoms with E-state index in [4.69, 9.17) is 17.3 Å². The van der Waals surface area contributed by atoms with Crippen molar-refractivity contribution in [3.05, 3.63) is 57.2 Å². The maximum absolute atomic E-state index is 6.37. The smallest absolute Gasteiger partial charge is 0.0491 e. The van der Waals surface area contributed by atoms with Crippen LogP contribution in [-0.2, 0) is 6.54 Å². The summed E-state index contributed by atoms with van der Waals surface area (Å²) in [4.78, 5) is 2.52. The number of hydrogen-bond donors (Lipinski definition) is 1. The first-order valence-corrected chi connectivity index (χ1v) is 8.33. The summed E-state index contributed by atoms with van der Waals surface area (Å²) in [6, 6.07) is 11.1. The number of nitrogens with two attached hydrogens (primary N) is 1. The molecule has 2 aromatic rings. The second kappa shape index (κ2) is 6.27. The third kappa shape index (κ3) is 3.07. The van der Waals surface area contributed by atoms with Crippen LogP contribution in [0.1, 0.15) is 30.0 Å². The van der Waals surface area contributed by atoms with Gasteiger partial charge in [0.05, 0.1) is 0 Å². The summed E-state index contributed by atoms with van der Waals surface area (Å²) in [5.74, 6) is 0. The Kier molecular flexibility index (Phi) is 4.41. The van der Waals surface area contributed by atoms with Gasteiger partial charge in [0.2, 0.25) is 0 Å². The third-order valence-electron chi connectivity index (χ3n) is 3.85. The molecule has 0 bridgehead atoms. The molecule has 1 atom stereocenters. The lowest BCUT2D eigenvalue weighted by Crippen LogP contribution is -2.35. The highest BCUT2D eigenvalue weighted by molar-refractivity contribution is 7.07. The van der Waals surface area contributed by atoms with Gasteiger partial charge in [-0.05, 0) is 46.9 Å². The molecule has 4 heteroatoms. The highest BCUT2D eigenvalue weighted by Crippen LogP contribution is 2.37. The Morgan fingerprint density at radius 1 is 1.30 bits per heavy atom. The fourth-order valence-corrected chi connectivity index (χ4v) is 3.60. The average Bonchev–Trinajstić information content (AvgIpc) is 3.18. The molecule has 1 unspecified atom stereocenters. The molecule has 2 nitrogen and oxygen atoms in total. The summed E-state index contributed by atoms with van der Waals surface area (Å²) in [5, 5.41) is 5.17. The Morgan fingerprint density at radius 2 is 2.10 bits per heavy atom.